The molecule has 3 unspecified atom stereocenters. The summed E-state index contributed by atoms with van der Waals surface area (Å²) in [6.45, 7) is 1.54. The smallest absolute Gasteiger partial charge is 0.329 e. The number of fused-ring (bicyclic) bond motifs is 1. The third kappa shape index (κ3) is 4.56. The molecule has 0 aromatic rings. The number of nitrogens with one attached hydrogen (secondary N) is 3. The lowest BCUT2D eigenvalue weighted by molar-refractivity contribution is -0.526. The number of carbonyl (C=O) groups is 2. The van der Waals surface area contributed by atoms with Crippen LogP contribution in [0.15, 0.2) is 11.8 Å². The van der Waals surface area contributed by atoms with Gasteiger partial charge in [0.2, 0.25) is 6.04 Å². The highest BCUT2D eigenvalue weighted by Gasteiger charge is 2.41. The quantitative estimate of drug-likeness (QED) is 0.403. The Morgan fingerprint density at radius 1 is 1.25 bits per heavy atom. The molecule has 2 amide bonds. The summed E-state index contributed by atoms with van der Waals surface area (Å²) >= 11 is 0. The Balaban J connectivity index is 1.55. The molecule has 9 nitrogen and oxygen atoms in total. The Kier molecular flexibility index (Phi) is 6.10. The van der Waals surface area contributed by atoms with Gasteiger partial charge in [0.1, 0.15) is 5.54 Å². The van der Waals surface area contributed by atoms with Crippen LogP contribution in [-0.2, 0) is 4.79 Å². The van der Waals surface area contributed by atoms with Gasteiger partial charge in [0, 0.05) is 42.2 Å². The van der Waals surface area contributed by atoms with E-state index < -0.39 is 23.6 Å². The molecule has 0 bridgehead atoms. The molecule has 156 valence electrons. The standard InChI is InChI=1S/C19H30N4O5/c1-19(17(24)25,10-12-11-20-16-5-3-2-4-15(12)16)22-18(26)21-13-6-8-14(9-7-13)23(27)28/h11,13-16,20H,2-10H2,1H3,(H,24,25)(H2,21,22,26). The SMILES string of the molecule is CC(CC1=CNC2CCCCC12)(NC(=O)NC1CCC([N+](=O)[O-])CC1)C(=O)O. The number of carboxylic acids is 1. The second-order valence-electron chi connectivity index (χ2n) is 8.59. The molecule has 2 saturated carbocycles. The van der Waals surface area contributed by atoms with E-state index in [1.807, 2.05) is 6.20 Å². The third-order valence-corrected chi connectivity index (χ3v) is 6.47. The van der Waals surface area contributed by atoms with Gasteiger partial charge in [-0.15, -0.1) is 0 Å². The Labute approximate surface area is 164 Å². The van der Waals surface area contributed by atoms with Gasteiger partial charge in [0.15, 0.2) is 0 Å². The zero-order chi connectivity index (χ0) is 20.3. The number of aliphatic carboxylic acids is 1. The molecule has 1 heterocycles. The summed E-state index contributed by atoms with van der Waals surface area (Å²) in [4.78, 5) is 35.0. The highest BCUT2D eigenvalue weighted by molar-refractivity contribution is 5.86. The largest absolute Gasteiger partial charge is 0.480 e. The molecule has 0 saturated heterocycles. The molecule has 3 atom stereocenters. The number of nitrogens with zero attached hydrogens (tertiary/aromatic N) is 1. The van der Waals surface area contributed by atoms with Gasteiger partial charge < -0.3 is 21.1 Å². The Hall–Kier alpha value is -2.32. The summed E-state index contributed by atoms with van der Waals surface area (Å²) in [5, 5.41) is 29.4. The first kappa shape index (κ1) is 20.4. The third-order valence-electron chi connectivity index (χ3n) is 6.47. The molecule has 1 aliphatic heterocycles. The van der Waals surface area contributed by atoms with Crippen LogP contribution in [0.1, 0.15) is 64.7 Å². The Bertz CT molecular complexity index is 659. The van der Waals surface area contributed by atoms with E-state index in [9.17, 15) is 24.8 Å². The second-order valence-corrected chi connectivity index (χ2v) is 8.59. The lowest BCUT2D eigenvalue weighted by Gasteiger charge is -2.33. The van der Waals surface area contributed by atoms with E-state index in [2.05, 4.69) is 16.0 Å². The zero-order valence-corrected chi connectivity index (χ0v) is 16.3. The van der Waals surface area contributed by atoms with Crippen molar-refractivity contribution in [1.29, 1.82) is 0 Å². The fourth-order valence-electron chi connectivity index (χ4n) is 4.76. The summed E-state index contributed by atoms with van der Waals surface area (Å²) in [6, 6.07) is -0.853. The van der Waals surface area contributed by atoms with Crippen molar-refractivity contribution in [2.45, 2.75) is 88.4 Å². The van der Waals surface area contributed by atoms with Crippen molar-refractivity contribution in [2.75, 3.05) is 0 Å². The van der Waals surface area contributed by atoms with Gasteiger partial charge in [-0.1, -0.05) is 12.8 Å². The summed E-state index contributed by atoms with van der Waals surface area (Å²) in [5.74, 6) is -0.727. The molecular weight excluding hydrogens is 364 g/mol. The van der Waals surface area contributed by atoms with Crippen LogP contribution >= 0.6 is 0 Å². The molecular formula is C19H30N4O5. The number of rotatable bonds is 6. The van der Waals surface area contributed by atoms with Crippen LogP contribution in [-0.4, -0.2) is 45.7 Å². The number of carboxylic acid groups (broad SMARTS) is 1. The van der Waals surface area contributed by atoms with E-state index in [0.717, 1.165) is 24.8 Å². The highest BCUT2D eigenvalue weighted by atomic mass is 16.6. The number of carbonyl (C=O) groups excluding carboxylic acids is 1. The van der Waals surface area contributed by atoms with Gasteiger partial charge in [-0.2, -0.15) is 0 Å². The molecule has 2 aliphatic carbocycles. The van der Waals surface area contributed by atoms with Gasteiger partial charge in [0.25, 0.3) is 0 Å². The van der Waals surface area contributed by atoms with Crippen molar-refractivity contribution in [3.8, 4) is 0 Å². The minimum Gasteiger partial charge on any atom is -0.480 e. The molecule has 0 radical (unpaired) electrons. The van der Waals surface area contributed by atoms with E-state index in [4.69, 9.17) is 0 Å². The lowest BCUT2D eigenvalue weighted by Crippen LogP contribution is -2.57. The maximum absolute atomic E-state index is 12.4. The first-order valence-corrected chi connectivity index (χ1v) is 10.2. The van der Waals surface area contributed by atoms with Gasteiger partial charge in [-0.05, 0) is 44.4 Å². The van der Waals surface area contributed by atoms with Crippen molar-refractivity contribution < 1.29 is 19.6 Å². The molecule has 3 rings (SSSR count). The maximum Gasteiger partial charge on any atom is 0.329 e. The van der Waals surface area contributed by atoms with Crippen LogP contribution in [0.5, 0.6) is 0 Å². The highest BCUT2D eigenvalue weighted by Crippen LogP contribution is 2.37. The molecule has 3 aliphatic rings. The van der Waals surface area contributed by atoms with Crippen LogP contribution < -0.4 is 16.0 Å². The molecule has 2 fully saturated rings. The minimum atomic E-state index is -1.40. The van der Waals surface area contributed by atoms with Crippen LogP contribution in [0.4, 0.5) is 4.79 Å². The molecule has 0 spiro atoms. The average Bonchev–Trinajstić information content (AvgIpc) is 3.04. The van der Waals surface area contributed by atoms with Gasteiger partial charge in [0.05, 0.1) is 0 Å². The fourth-order valence-corrected chi connectivity index (χ4v) is 4.76. The van der Waals surface area contributed by atoms with Gasteiger partial charge in [-0.25, -0.2) is 9.59 Å². The van der Waals surface area contributed by atoms with E-state index in [1.54, 1.807) is 0 Å². The first-order chi connectivity index (χ1) is 13.3. The van der Waals surface area contributed by atoms with E-state index in [1.165, 1.54) is 13.3 Å². The molecule has 0 aromatic carbocycles. The molecule has 4 N–H and O–H groups in total. The van der Waals surface area contributed by atoms with Crippen molar-refractivity contribution in [2.24, 2.45) is 5.92 Å². The summed E-state index contributed by atoms with van der Waals surface area (Å²) in [6.07, 6.45) is 8.57. The van der Waals surface area contributed by atoms with Gasteiger partial charge >= 0.3 is 12.0 Å². The zero-order valence-electron chi connectivity index (χ0n) is 16.3. The van der Waals surface area contributed by atoms with Crippen molar-refractivity contribution in [3.05, 3.63) is 21.9 Å². The van der Waals surface area contributed by atoms with E-state index >= 15 is 0 Å². The second kappa shape index (κ2) is 8.36. The van der Waals surface area contributed by atoms with Crippen LogP contribution in [0.2, 0.25) is 0 Å². The predicted molar refractivity (Wildman–Crippen MR) is 102 cm³/mol. The van der Waals surface area contributed by atoms with Crippen LogP contribution in [0.25, 0.3) is 0 Å². The lowest BCUT2D eigenvalue weighted by atomic mass is 9.78. The number of nitro groups is 1. The van der Waals surface area contributed by atoms with Gasteiger partial charge in [-0.3, -0.25) is 10.1 Å². The topological polar surface area (TPSA) is 134 Å². The summed E-state index contributed by atoms with van der Waals surface area (Å²) < 4.78 is 0. The van der Waals surface area contributed by atoms with Crippen LogP contribution in [0, 0.1) is 16.0 Å². The fraction of sp³-hybridized carbons (Fsp3) is 0.789. The summed E-state index contributed by atoms with van der Waals surface area (Å²) in [7, 11) is 0. The monoisotopic (exact) mass is 394 g/mol. The number of hydrogen-bond acceptors (Lipinski definition) is 5. The Morgan fingerprint density at radius 3 is 2.57 bits per heavy atom. The van der Waals surface area contributed by atoms with E-state index in [-0.39, 0.29) is 17.4 Å². The first-order valence-electron chi connectivity index (χ1n) is 10.2. The predicted octanol–water partition coefficient (Wildman–Crippen LogP) is 2.15. The number of amides is 2. The number of hydrogen-bond donors (Lipinski definition) is 4. The molecule has 0 aromatic heterocycles. The maximum atomic E-state index is 12.4. The number of urea groups is 1. The normalized spacial score (nSPS) is 31.5. The van der Waals surface area contributed by atoms with Crippen molar-refractivity contribution >= 4 is 12.0 Å². The van der Waals surface area contributed by atoms with Crippen molar-refractivity contribution in [3.63, 3.8) is 0 Å². The van der Waals surface area contributed by atoms with E-state index in [0.29, 0.717) is 37.6 Å². The average molecular weight is 394 g/mol. The van der Waals surface area contributed by atoms with Crippen molar-refractivity contribution in [1.82, 2.24) is 16.0 Å². The Morgan fingerprint density at radius 2 is 1.93 bits per heavy atom. The molecule has 9 heteroatoms. The molecule has 28 heavy (non-hydrogen) atoms. The summed E-state index contributed by atoms with van der Waals surface area (Å²) in [5.41, 5.74) is -0.344. The minimum absolute atomic E-state index is 0.163. The van der Waals surface area contributed by atoms with Crippen LogP contribution in [0.3, 0.4) is 0 Å².